The number of rotatable bonds is 6. The first-order valence-corrected chi connectivity index (χ1v) is 3.73. The van der Waals surface area contributed by atoms with Crippen molar-refractivity contribution in [3.05, 3.63) is 0 Å². The van der Waals surface area contributed by atoms with E-state index in [9.17, 15) is 0 Å². The van der Waals surface area contributed by atoms with E-state index in [1.165, 1.54) is 0 Å². The average Bonchev–Trinajstić information content (AvgIpc) is 2.71. The van der Waals surface area contributed by atoms with Crippen LogP contribution in [0.5, 0.6) is 0 Å². The molecule has 0 aromatic carbocycles. The van der Waals surface area contributed by atoms with Crippen LogP contribution < -0.4 is 0 Å². The zero-order valence-electron chi connectivity index (χ0n) is 6.08. The first-order chi connectivity index (χ1) is 4.93. The largest absolute Gasteiger partial charge is 0.394 e. The van der Waals surface area contributed by atoms with Gasteiger partial charge in [-0.1, -0.05) is 0 Å². The monoisotopic (exact) mass is 146 g/mol. The topological polar surface area (TPSA) is 42.0 Å². The van der Waals surface area contributed by atoms with Gasteiger partial charge in [0.25, 0.3) is 0 Å². The lowest BCUT2D eigenvalue weighted by Gasteiger charge is -1.98. The van der Waals surface area contributed by atoms with Crippen LogP contribution in [-0.4, -0.2) is 37.6 Å². The molecule has 0 aromatic rings. The Kier molecular flexibility index (Phi) is 3.72. The second-order valence-electron chi connectivity index (χ2n) is 2.43. The van der Waals surface area contributed by atoms with E-state index in [4.69, 9.17) is 14.6 Å². The molecule has 1 aliphatic rings. The summed E-state index contributed by atoms with van der Waals surface area (Å²) in [5.41, 5.74) is 0. The number of hydrogen-bond donors (Lipinski definition) is 1. The zero-order valence-corrected chi connectivity index (χ0v) is 6.08. The van der Waals surface area contributed by atoms with Crippen molar-refractivity contribution in [2.24, 2.45) is 0 Å². The Balaban J connectivity index is 1.68. The maximum Gasteiger partial charge on any atom is 0.0810 e. The maximum absolute atomic E-state index is 8.34. The van der Waals surface area contributed by atoms with Crippen LogP contribution in [-0.2, 0) is 9.47 Å². The lowest BCUT2D eigenvalue weighted by atomic mass is 10.3. The molecule has 1 heterocycles. The van der Waals surface area contributed by atoms with Crippen LogP contribution in [0.15, 0.2) is 0 Å². The zero-order chi connectivity index (χ0) is 7.23. The highest BCUT2D eigenvalue weighted by Gasteiger charge is 2.20. The molecule has 0 aliphatic carbocycles. The summed E-state index contributed by atoms with van der Waals surface area (Å²) in [7, 11) is 0. The van der Waals surface area contributed by atoms with Gasteiger partial charge in [-0.15, -0.1) is 0 Å². The Bertz CT molecular complexity index is 80.9. The molecule has 1 unspecified atom stereocenters. The fraction of sp³-hybridized carbons (Fsp3) is 1.00. The number of hydrogen-bond acceptors (Lipinski definition) is 3. The van der Waals surface area contributed by atoms with Crippen molar-refractivity contribution >= 4 is 0 Å². The highest BCUT2D eigenvalue weighted by molar-refractivity contribution is 4.67. The maximum atomic E-state index is 8.34. The normalized spacial score (nSPS) is 23.1. The lowest BCUT2D eigenvalue weighted by Crippen LogP contribution is -2.01. The Morgan fingerprint density at radius 3 is 2.90 bits per heavy atom. The van der Waals surface area contributed by atoms with Crippen LogP contribution in [0.25, 0.3) is 0 Å². The van der Waals surface area contributed by atoms with Gasteiger partial charge in [0, 0.05) is 6.61 Å². The molecular formula is C7H14O3. The van der Waals surface area contributed by atoms with Crippen molar-refractivity contribution in [3.8, 4) is 0 Å². The first-order valence-electron chi connectivity index (χ1n) is 3.73. The van der Waals surface area contributed by atoms with Gasteiger partial charge in [-0.3, -0.25) is 0 Å². The first kappa shape index (κ1) is 7.98. The highest BCUT2D eigenvalue weighted by Crippen LogP contribution is 2.14. The van der Waals surface area contributed by atoms with Gasteiger partial charge < -0.3 is 14.6 Å². The smallest absolute Gasteiger partial charge is 0.0810 e. The standard InChI is InChI=1S/C7H14O3/c8-3-5-9-4-1-2-7-6-10-7/h7-8H,1-6H2. The molecule has 10 heavy (non-hydrogen) atoms. The van der Waals surface area contributed by atoms with E-state index < -0.39 is 0 Å². The van der Waals surface area contributed by atoms with E-state index in [0.717, 1.165) is 26.1 Å². The third-order valence-electron chi connectivity index (χ3n) is 1.45. The van der Waals surface area contributed by atoms with Crippen molar-refractivity contribution in [3.63, 3.8) is 0 Å². The van der Waals surface area contributed by atoms with Gasteiger partial charge in [0.1, 0.15) is 0 Å². The third-order valence-corrected chi connectivity index (χ3v) is 1.45. The minimum absolute atomic E-state index is 0.125. The Labute approximate surface area is 60.9 Å². The molecule has 0 saturated carbocycles. The molecule has 1 atom stereocenters. The number of epoxide rings is 1. The summed E-state index contributed by atoms with van der Waals surface area (Å²) in [6.07, 6.45) is 2.66. The molecule has 0 spiro atoms. The molecule has 60 valence electrons. The van der Waals surface area contributed by atoms with Crippen LogP contribution in [0, 0.1) is 0 Å². The number of aliphatic hydroxyl groups is 1. The summed E-state index contributed by atoms with van der Waals surface area (Å²) in [5.74, 6) is 0. The van der Waals surface area contributed by atoms with Crippen LogP contribution in [0.3, 0.4) is 0 Å². The van der Waals surface area contributed by atoms with E-state index in [-0.39, 0.29) is 6.61 Å². The number of aliphatic hydroxyl groups excluding tert-OH is 1. The molecule has 0 bridgehead atoms. The van der Waals surface area contributed by atoms with E-state index in [0.29, 0.717) is 12.7 Å². The predicted octanol–water partition coefficient (Wildman–Crippen LogP) is 0.174. The van der Waals surface area contributed by atoms with Gasteiger partial charge in [0.2, 0.25) is 0 Å². The molecule has 0 aromatic heterocycles. The van der Waals surface area contributed by atoms with E-state index in [1.807, 2.05) is 0 Å². The predicted molar refractivity (Wildman–Crippen MR) is 36.9 cm³/mol. The van der Waals surface area contributed by atoms with E-state index in [2.05, 4.69) is 0 Å². The van der Waals surface area contributed by atoms with Crippen molar-refractivity contribution in [1.29, 1.82) is 0 Å². The molecule has 3 nitrogen and oxygen atoms in total. The summed E-state index contributed by atoms with van der Waals surface area (Å²) < 4.78 is 10.1. The summed E-state index contributed by atoms with van der Waals surface area (Å²) in [6, 6.07) is 0. The van der Waals surface area contributed by atoms with E-state index >= 15 is 0 Å². The fourth-order valence-corrected chi connectivity index (χ4v) is 0.814. The summed E-state index contributed by atoms with van der Waals surface area (Å²) in [6.45, 7) is 2.27. The average molecular weight is 146 g/mol. The van der Waals surface area contributed by atoms with Crippen molar-refractivity contribution in [2.75, 3.05) is 26.4 Å². The van der Waals surface area contributed by atoms with Crippen LogP contribution in [0.4, 0.5) is 0 Å². The summed E-state index contributed by atoms with van der Waals surface area (Å²) >= 11 is 0. The molecule has 1 saturated heterocycles. The molecule has 1 fully saturated rings. The molecule has 1 rings (SSSR count). The molecule has 0 radical (unpaired) electrons. The van der Waals surface area contributed by atoms with Gasteiger partial charge >= 0.3 is 0 Å². The Hall–Kier alpha value is -0.120. The second-order valence-corrected chi connectivity index (χ2v) is 2.43. The summed E-state index contributed by atoms with van der Waals surface area (Å²) in [4.78, 5) is 0. The summed E-state index contributed by atoms with van der Waals surface area (Å²) in [5, 5.41) is 8.34. The van der Waals surface area contributed by atoms with Crippen molar-refractivity contribution in [1.82, 2.24) is 0 Å². The van der Waals surface area contributed by atoms with Gasteiger partial charge in [0.15, 0.2) is 0 Å². The molecule has 1 aliphatic heterocycles. The van der Waals surface area contributed by atoms with Gasteiger partial charge in [-0.05, 0) is 12.8 Å². The Morgan fingerprint density at radius 1 is 1.50 bits per heavy atom. The minimum Gasteiger partial charge on any atom is -0.394 e. The van der Waals surface area contributed by atoms with Crippen molar-refractivity contribution in [2.45, 2.75) is 18.9 Å². The molecule has 0 amide bonds. The highest BCUT2D eigenvalue weighted by atomic mass is 16.6. The molecule has 3 heteroatoms. The SMILES string of the molecule is OCCOCCCC1CO1. The second kappa shape index (κ2) is 4.66. The minimum atomic E-state index is 0.125. The molecule has 1 N–H and O–H groups in total. The van der Waals surface area contributed by atoms with Gasteiger partial charge in [-0.2, -0.15) is 0 Å². The van der Waals surface area contributed by atoms with Crippen LogP contribution in [0.2, 0.25) is 0 Å². The molecular weight excluding hydrogens is 132 g/mol. The third kappa shape index (κ3) is 3.82. The number of ether oxygens (including phenoxy) is 2. The van der Waals surface area contributed by atoms with Gasteiger partial charge in [-0.25, -0.2) is 0 Å². The van der Waals surface area contributed by atoms with Crippen LogP contribution >= 0.6 is 0 Å². The van der Waals surface area contributed by atoms with E-state index in [1.54, 1.807) is 0 Å². The van der Waals surface area contributed by atoms with Gasteiger partial charge in [0.05, 0.1) is 25.9 Å². The Morgan fingerprint density at radius 2 is 2.30 bits per heavy atom. The fourth-order valence-electron chi connectivity index (χ4n) is 0.814. The van der Waals surface area contributed by atoms with Crippen LogP contribution in [0.1, 0.15) is 12.8 Å². The lowest BCUT2D eigenvalue weighted by molar-refractivity contribution is 0.0888. The quantitative estimate of drug-likeness (QED) is 0.429. The van der Waals surface area contributed by atoms with Crippen molar-refractivity contribution < 1.29 is 14.6 Å².